The highest BCUT2D eigenvalue weighted by atomic mass is 35.5. The van der Waals surface area contributed by atoms with Crippen LogP contribution in [0.4, 0.5) is 4.79 Å². The molecule has 0 bridgehead atoms. The van der Waals surface area contributed by atoms with Crippen molar-refractivity contribution in [3.63, 3.8) is 0 Å². The maximum absolute atomic E-state index is 12.4. The molecular formula is C14H25ClN2O8S. The average Bonchev–Trinajstić information content (AvgIpc) is 2.76. The van der Waals surface area contributed by atoms with Crippen molar-refractivity contribution in [2.75, 3.05) is 31.7 Å². The third-order valence-corrected chi connectivity index (χ3v) is 6.78. The Labute approximate surface area is 157 Å². The van der Waals surface area contributed by atoms with E-state index in [1.54, 1.807) is 13.8 Å². The van der Waals surface area contributed by atoms with E-state index in [-0.39, 0.29) is 18.8 Å². The summed E-state index contributed by atoms with van der Waals surface area (Å²) in [7, 11) is -2.52. The van der Waals surface area contributed by atoms with Crippen molar-refractivity contribution in [3.8, 4) is 0 Å². The largest absolute Gasteiger partial charge is 0.388 e. The number of amides is 2. The van der Waals surface area contributed by atoms with Gasteiger partial charge in [-0.25, -0.2) is 17.6 Å². The molecule has 2 rings (SSSR count). The molecule has 26 heavy (non-hydrogen) atoms. The number of nitrogens with zero attached hydrogens (tertiary/aromatic N) is 2. The van der Waals surface area contributed by atoms with Crippen molar-refractivity contribution in [2.24, 2.45) is 0 Å². The molecule has 2 heterocycles. The standard InChI is InChI=1S/C14H25ClN2O8S/c1-14(2)7-16(13(21)17(14)15)4-5-26(22,23)6-8-9(18)10(19)11(20)12(24-3)25-8/h8-12,18-20H,4-7H2,1-3H3. The summed E-state index contributed by atoms with van der Waals surface area (Å²) in [5.74, 6) is -0.948. The molecule has 12 heteroatoms. The van der Waals surface area contributed by atoms with Crippen LogP contribution in [0, 0.1) is 0 Å². The Morgan fingerprint density at radius 2 is 1.88 bits per heavy atom. The highest BCUT2D eigenvalue weighted by molar-refractivity contribution is 7.91. The van der Waals surface area contributed by atoms with Crippen molar-refractivity contribution in [3.05, 3.63) is 0 Å². The summed E-state index contributed by atoms with van der Waals surface area (Å²) in [6.07, 6.45) is -7.19. The summed E-state index contributed by atoms with van der Waals surface area (Å²) < 4.78 is 35.9. The Hall–Kier alpha value is -0.690. The second-order valence-corrected chi connectivity index (χ2v) is 9.73. The number of sulfone groups is 1. The van der Waals surface area contributed by atoms with Crippen LogP contribution in [0.15, 0.2) is 0 Å². The first-order valence-corrected chi connectivity index (χ1v) is 10.2. The van der Waals surface area contributed by atoms with Gasteiger partial charge < -0.3 is 29.7 Å². The number of hydrogen-bond donors (Lipinski definition) is 3. The van der Waals surface area contributed by atoms with Crippen molar-refractivity contribution in [1.82, 2.24) is 9.32 Å². The fraction of sp³-hybridized carbons (Fsp3) is 0.929. The molecule has 5 unspecified atom stereocenters. The van der Waals surface area contributed by atoms with Crippen LogP contribution in [0.2, 0.25) is 0 Å². The second kappa shape index (κ2) is 7.74. The summed E-state index contributed by atoms with van der Waals surface area (Å²) in [5.41, 5.74) is -0.614. The SMILES string of the molecule is COC1OC(CS(=O)(=O)CCN2CC(C)(C)N(Cl)C2=O)C(O)C(O)C1O. The average molecular weight is 417 g/mol. The van der Waals surface area contributed by atoms with E-state index in [1.807, 2.05) is 0 Å². The molecule has 0 aliphatic carbocycles. The minimum atomic E-state index is -3.74. The van der Waals surface area contributed by atoms with Crippen LogP contribution in [-0.2, 0) is 19.3 Å². The number of ether oxygens (including phenoxy) is 2. The quantitative estimate of drug-likeness (QED) is 0.446. The number of hydrogen-bond acceptors (Lipinski definition) is 8. The maximum Gasteiger partial charge on any atom is 0.335 e. The van der Waals surface area contributed by atoms with Gasteiger partial charge in [-0.15, -0.1) is 0 Å². The van der Waals surface area contributed by atoms with Crippen LogP contribution in [0.25, 0.3) is 0 Å². The molecule has 2 saturated heterocycles. The molecule has 0 spiro atoms. The zero-order valence-corrected chi connectivity index (χ0v) is 16.4. The third-order valence-electron chi connectivity index (χ3n) is 4.54. The van der Waals surface area contributed by atoms with E-state index in [1.165, 1.54) is 12.0 Å². The lowest BCUT2D eigenvalue weighted by Gasteiger charge is -2.39. The number of rotatable bonds is 6. The summed E-state index contributed by atoms with van der Waals surface area (Å²) in [4.78, 5) is 13.4. The third kappa shape index (κ3) is 4.41. The van der Waals surface area contributed by atoms with E-state index in [0.29, 0.717) is 0 Å². The zero-order valence-electron chi connectivity index (χ0n) is 14.8. The fourth-order valence-corrected chi connectivity index (χ4v) is 4.59. The highest BCUT2D eigenvalue weighted by Gasteiger charge is 2.46. The van der Waals surface area contributed by atoms with Crippen molar-refractivity contribution in [2.45, 2.75) is 50.1 Å². The summed E-state index contributed by atoms with van der Waals surface area (Å²) in [6.45, 7) is 3.74. The molecule has 0 radical (unpaired) electrons. The molecule has 0 saturated carbocycles. The predicted octanol–water partition coefficient (Wildman–Crippen LogP) is -1.47. The van der Waals surface area contributed by atoms with Crippen molar-refractivity contribution in [1.29, 1.82) is 0 Å². The lowest BCUT2D eigenvalue weighted by molar-refractivity contribution is -0.285. The molecule has 3 N–H and O–H groups in total. The van der Waals surface area contributed by atoms with Crippen LogP contribution in [0.3, 0.4) is 0 Å². The molecule has 2 fully saturated rings. The Morgan fingerprint density at radius 1 is 1.27 bits per heavy atom. The normalized spacial score (nSPS) is 35.2. The van der Waals surface area contributed by atoms with E-state index in [9.17, 15) is 28.5 Å². The summed E-state index contributed by atoms with van der Waals surface area (Å²) in [6, 6.07) is -0.473. The van der Waals surface area contributed by atoms with Gasteiger partial charge in [0.25, 0.3) is 0 Å². The predicted molar refractivity (Wildman–Crippen MR) is 91.1 cm³/mol. The highest BCUT2D eigenvalue weighted by Crippen LogP contribution is 2.28. The number of urea groups is 1. The van der Waals surface area contributed by atoms with E-state index in [2.05, 4.69) is 0 Å². The van der Waals surface area contributed by atoms with Gasteiger partial charge in [0, 0.05) is 32.0 Å². The Bertz CT molecular complexity index is 628. The monoisotopic (exact) mass is 416 g/mol. The van der Waals surface area contributed by atoms with Gasteiger partial charge in [0.15, 0.2) is 16.1 Å². The molecular weight excluding hydrogens is 392 g/mol. The number of carbonyl (C=O) groups excluding carboxylic acids is 1. The van der Waals surface area contributed by atoms with Gasteiger partial charge in [-0.2, -0.15) is 0 Å². The number of carbonyl (C=O) groups is 1. The van der Waals surface area contributed by atoms with Crippen LogP contribution in [0.1, 0.15) is 13.8 Å². The van der Waals surface area contributed by atoms with E-state index >= 15 is 0 Å². The number of methoxy groups -OCH3 is 1. The first-order valence-electron chi connectivity index (χ1n) is 8.07. The second-order valence-electron chi connectivity index (χ2n) is 7.16. The Balaban J connectivity index is 1.97. The molecule has 0 aromatic carbocycles. The molecule has 10 nitrogen and oxygen atoms in total. The van der Waals surface area contributed by atoms with Gasteiger partial charge in [-0.05, 0) is 13.8 Å². The fourth-order valence-electron chi connectivity index (χ4n) is 2.99. The van der Waals surface area contributed by atoms with Crippen molar-refractivity contribution >= 4 is 27.6 Å². The lowest BCUT2D eigenvalue weighted by atomic mass is 10.00. The first kappa shape index (κ1) is 21.6. The van der Waals surface area contributed by atoms with Crippen LogP contribution in [0.5, 0.6) is 0 Å². The topological polar surface area (TPSA) is 137 Å². The molecule has 0 aromatic heterocycles. The number of aliphatic hydroxyl groups is 3. The van der Waals surface area contributed by atoms with E-state index in [0.717, 1.165) is 4.42 Å². The van der Waals surface area contributed by atoms with Crippen molar-refractivity contribution < 1.29 is 38.0 Å². The van der Waals surface area contributed by atoms with Crippen LogP contribution >= 0.6 is 11.8 Å². The van der Waals surface area contributed by atoms with Crippen LogP contribution < -0.4 is 0 Å². The van der Waals surface area contributed by atoms with Gasteiger partial charge in [0.1, 0.15) is 24.4 Å². The van der Waals surface area contributed by atoms with Gasteiger partial charge in [-0.1, -0.05) is 0 Å². The number of aliphatic hydroxyl groups excluding tert-OH is 3. The van der Waals surface area contributed by atoms with E-state index < -0.39 is 57.9 Å². The minimum Gasteiger partial charge on any atom is -0.388 e. The smallest absolute Gasteiger partial charge is 0.335 e. The lowest BCUT2D eigenvalue weighted by Crippen LogP contribution is -2.59. The number of halogens is 1. The molecule has 0 aromatic rings. The summed E-state index contributed by atoms with van der Waals surface area (Å²) in [5, 5.41) is 29.5. The molecule has 2 aliphatic heterocycles. The first-order chi connectivity index (χ1) is 11.9. The molecule has 152 valence electrons. The van der Waals surface area contributed by atoms with E-state index in [4.69, 9.17) is 21.3 Å². The molecule has 2 amide bonds. The zero-order chi connectivity index (χ0) is 19.9. The summed E-state index contributed by atoms with van der Waals surface area (Å²) >= 11 is 5.91. The van der Waals surface area contributed by atoms with Crippen LogP contribution in [-0.4, -0.2) is 107 Å². The van der Waals surface area contributed by atoms with Gasteiger partial charge in [0.2, 0.25) is 0 Å². The van der Waals surface area contributed by atoms with Gasteiger partial charge in [-0.3, -0.25) is 0 Å². The molecule has 5 atom stereocenters. The Kier molecular flexibility index (Phi) is 6.43. The Morgan fingerprint density at radius 3 is 2.38 bits per heavy atom. The minimum absolute atomic E-state index is 0.0600. The van der Waals surface area contributed by atoms with Gasteiger partial charge >= 0.3 is 6.03 Å². The molecule has 2 aliphatic rings. The van der Waals surface area contributed by atoms with Gasteiger partial charge in [0.05, 0.1) is 17.0 Å². The maximum atomic E-state index is 12.4.